The Kier molecular flexibility index (Phi) is 2.63. The molecule has 6 heavy (non-hydrogen) atoms. The van der Waals surface area contributed by atoms with E-state index in [0.717, 1.165) is 6.21 Å². The van der Waals surface area contributed by atoms with E-state index in [9.17, 15) is 4.39 Å². The average molecular weight is 89.1 g/mol. The molecule has 1 unspecified atom stereocenters. The zero-order chi connectivity index (χ0) is 4.99. The van der Waals surface area contributed by atoms with Crippen molar-refractivity contribution in [3.63, 3.8) is 0 Å². The maximum atomic E-state index is 11.6. The molecule has 0 amide bonds. The van der Waals surface area contributed by atoms with E-state index < -0.39 is 6.17 Å². The Hall–Kier alpha value is -0.400. The molecule has 2 heteroatoms. The summed E-state index contributed by atoms with van der Waals surface area (Å²) in [4.78, 5) is 0. The number of hydrogen-bond donors (Lipinski definition) is 1. The molecule has 0 saturated carbocycles. The summed E-state index contributed by atoms with van der Waals surface area (Å²) in [5.41, 5.74) is 0. The molecule has 0 aromatic rings. The molecule has 1 N–H and O–H groups in total. The molecular weight excluding hydrogens is 81.0 g/mol. The maximum absolute atomic E-state index is 11.6. The number of alkyl halides is 1. The van der Waals surface area contributed by atoms with Gasteiger partial charge >= 0.3 is 0 Å². The Bertz CT molecular complexity index is 44.8. The van der Waals surface area contributed by atoms with Gasteiger partial charge < -0.3 is 5.41 Å². The molecule has 0 aliphatic carbocycles. The molecule has 0 radical (unpaired) electrons. The minimum Gasteiger partial charge on any atom is -0.310 e. The van der Waals surface area contributed by atoms with Crippen LogP contribution in [0.25, 0.3) is 0 Å². The molecular formula is C4H8FN. The summed E-state index contributed by atoms with van der Waals surface area (Å²) < 4.78 is 11.6. The Morgan fingerprint density at radius 3 is 2.50 bits per heavy atom. The van der Waals surface area contributed by atoms with Gasteiger partial charge in [-0.1, -0.05) is 6.92 Å². The molecule has 0 rings (SSSR count). The summed E-state index contributed by atoms with van der Waals surface area (Å²) in [6, 6.07) is 0. The zero-order valence-electron chi connectivity index (χ0n) is 3.74. The summed E-state index contributed by atoms with van der Waals surface area (Å²) in [5, 5.41) is 6.31. The van der Waals surface area contributed by atoms with Crippen molar-refractivity contribution in [2.45, 2.75) is 19.5 Å². The lowest BCUT2D eigenvalue weighted by atomic mass is 10.3. The van der Waals surface area contributed by atoms with Gasteiger partial charge in [-0.05, 0) is 6.42 Å². The first-order chi connectivity index (χ1) is 2.81. The van der Waals surface area contributed by atoms with Crippen LogP contribution < -0.4 is 0 Å². The molecule has 0 aromatic carbocycles. The van der Waals surface area contributed by atoms with Crippen LogP contribution in [0.3, 0.4) is 0 Å². The molecule has 1 nitrogen and oxygen atoms in total. The first kappa shape index (κ1) is 5.60. The van der Waals surface area contributed by atoms with Crippen LogP contribution in [-0.4, -0.2) is 12.4 Å². The number of rotatable bonds is 2. The molecule has 0 saturated heterocycles. The molecule has 1 atom stereocenters. The third kappa shape index (κ3) is 1.88. The van der Waals surface area contributed by atoms with Crippen LogP contribution in [0.2, 0.25) is 0 Å². The molecule has 0 spiro atoms. The predicted molar refractivity (Wildman–Crippen MR) is 24.0 cm³/mol. The lowest BCUT2D eigenvalue weighted by Gasteiger charge is -1.87. The molecule has 0 fully saturated rings. The van der Waals surface area contributed by atoms with E-state index in [4.69, 9.17) is 5.41 Å². The Labute approximate surface area is 36.7 Å². The normalized spacial score (nSPS) is 13.7. The molecule has 0 heterocycles. The lowest BCUT2D eigenvalue weighted by molar-refractivity contribution is 0.420. The lowest BCUT2D eigenvalue weighted by Crippen LogP contribution is -1.95. The van der Waals surface area contributed by atoms with Gasteiger partial charge in [0.05, 0.1) is 0 Å². The average Bonchev–Trinajstić information content (AvgIpc) is 1.65. The number of hydrogen-bond acceptors (Lipinski definition) is 1. The Morgan fingerprint density at radius 2 is 2.50 bits per heavy atom. The second-order valence-corrected chi connectivity index (χ2v) is 1.09. The van der Waals surface area contributed by atoms with Crippen molar-refractivity contribution >= 4 is 6.21 Å². The van der Waals surface area contributed by atoms with Gasteiger partial charge in [0, 0.05) is 6.21 Å². The minimum absolute atomic E-state index is 0.420. The van der Waals surface area contributed by atoms with Crippen LogP contribution in [0.5, 0.6) is 0 Å². The van der Waals surface area contributed by atoms with E-state index >= 15 is 0 Å². The van der Waals surface area contributed by atoms with Gasteiger partial charge in [0.1, 0.15) is 6.17 Å². The Morgan fingerprint density at radius 1 is 2.00 bits per heavy atom. The standard InChI is InChI=1S/C4H8FN/c1-2-4(5)3-6/h3-4,6H,2H2,1H3. The highest BCUT2D eigenvalue weighted by atomic mass is 19.1. The smallest absolute Gasteiger partial charge is 0.134 e. The third-order valence-corrected chi connectivity index (χ3v) is 0.571. The van der Waals surface area contributed by atoms with Crippen LogP contribution in [-0.2, 0) is 0 Å². The quantitative estimate of drug-likeness (QED) is 0.494. The van der Waals surface area contributed by atoms with E-state index in [1.54, 1.807) is 6.92 Å². The first-order valence-electron chi connectivity index (χ1n) is 1.96. The molecule has 36 valence electrons. The van der Waals surface area contributed by atoms with E-state index in [1.807, 2.05) is 0 Å². The fourth-order valence-corrected chi connectivity index (χ4v) is 0.118. The third-order valence-electron chi connectivity index (χ3n) is 0.571. The first-order valence-corrected chi connectivity index (χ1v) is 1.96. The summed E-state index contributed by atoms with van der Waals surface area (Å²) in [6.45, 7) is 1.70. The van der Waals surface area contributed by atoms with Crippen molar-refractivity contribution in [3.05, 3.63) is 0 Å². The highest BCUT2D eigenvalue weighted by Crippen LogP contribution is 1.88. The number of nitrogens with one attached hydrogen (secondary N) is 1. The second-order valence-electron chi connectivity index (χ2n) is 1.09. The molecule has 0 aliphatic heterocycles. The van der Waals surface area contributed by atoms with Gasteiger partial charge in [-0.2, -0.15) is 0 Å². The molecule has 0 aliphatic rings. The van der Waals surface area contributed by atoms with Crippen molar-refractivity contribution in [3.8, 4) is 0 Å². The molecule has 0 aromatic heterocycles. The van der Waals surface area contributed by atoms with Gasteiger partial charge in [-0.25, -0.2) is 4.39 Å². The van der Waals surface area contributed by atoms with Crippen LogP contribution in [0.4, 0.5) is 4.39 Å². The van der Waals surface area contributed by atoms with E-state index in [0.29, 0.717) is 6.42 Å². The predicted octanol–water partition coefficient (Wildman–Crippen LogP) is 1.38. The largest absolute Gasteiger partial charge is 0.310 e. The van der Waals surface area contributed by atoms with Crippen LogP contribution in [0.15, 0.2) is 0 Å². The second kappa shape index (κ2) is 2.82. The van der Waals surface area contributed by atoms with Crippen molar-refractivity contribution in [2.75, 3.05) is 0 Å². The zero-order valence-corrected chi connectivity index (χ0v) is 3.74. The van der Waals surface area contributed by atoms with Gasteiger partial charge in [-0.3, -0.25) is 0 Å². The monoisotopic (exact) mass is 89.1 g/mol. The van der Waals surface area contributed by atoms with E-state index in [-0.39, 0.29) is 0 Å². The highest BCUT2D eigenvalue weighted by Gasteiger charge is 1.91. The van der Waals surface area contributed by atoms with Crippen LogP contribution in [0.1, 0.15) is 13.3 Å². The van der Waals surface area contributed by atoms with Gasteiger partial charge in [0.2, 0.25) is 0 Å². The fraction of sp³-hybridized carbons (Fsp3) is 0.750. The van der Waals surface area contributed by atoms with Crippen molar-refractivity contribution in [1.29, 1.82) is 5.41 Å². The Balaban J connectivity index is 2.96. The van der Waals surface area contributed by atoms with Crippen molar-refractivity contribution < 1.29 is 4.39 Å². The van der Waals surface area contributed by atoms with E-state index in [2.05, 4.69) is 0 Å². The summed E-state index contributed by atoms with van der Waals surface area (Å²) >= 11 is 0. The van der Waals surface area contributed by atoms with Crippen LogP contribution in [0, 0.1) is 5.41 Å². The minimum atomic E-state index is -1.02. The highest BCUT2D eigenvalue weighted by molar-refractivity contribution is 5.58. The van der Waals surface area contributed by atoms with Crippen molar-refractivity contribution in [2.24, 2.45) is 0 Å². The maximum Gasteiger partial charge on any atom is 0.134 e. The van der Waals surface area contributed by atoms with Gasteiger partial charge in [0.25, 0.3) is 0 Å². The summed E-state index contributed by atoms with van der Waals surface area (Å²) in [7, 11) is 0. The van der Waals surface area contributed by atoms with Gasteiger partial charge in [-0.15, -0.1) is 0 Å². The number of halogens is 1. The summed E-state index contributed by atoms with van der Waals surface area (Å²) in [5.74, 6) is 0. The van der Waals surface area contributed by atoms with Crippen molar-refractivity contribution in [1.82, 2.24) is 0 Å². The molecule has 0 bridgehead atoms. The van der Waals surface area contributed by atoms with Gasteiger partial charge in [0.15, 0.2) is 0 Å². The summed E-state index contributed by atoms with van der Waals surface area (Å²) in [6.07, 6.45) is 0.203. The fourth-order valence-electron chi connectivity index (χ4n) is 0.118. The van der Waals surface area contributed by atoms with Crippen LogP contribution >= 0.6 is 0 Å². The topological polar surface area (TPSA) is 23.9 Å². The van der Waals surface area contributed by atoms with E-state index in [1.165, 1.54) is 0 Å². The SMILES string of the molecule is CCC(F)C=N.